The summed E-state index contributed by atoms with van der Waals surface area (Å²) in [5.41, 5.74) is 2.44. The van der Waals surface area contributed by atoms with Gasteiger partial charge in [0.25, 0.3) is 0 Å². The lowest BCUT2D eigenvalue weighted by atomic mass is 10.2. The van der Waals surface area contributed by atoms with E-state index in [1.807, 2.05) is 6.92 Å². The van der Waals surface area contributed by atoms with E-state index in [-0.39, 0.29) is 29.7 Å². The van der Waals surface area contributed by atoms with Crippen molar-refractivity contribution in [3.8, 4) is 11.4 Å². The molecule has 0 radical (unpaired) electrons. The summed E-state index contributed by atoms with van der Waals surface area (Å²) in [5, 5.41) is 13.5. The van der Waals surface area contributed by atoms with Crippen molar-refractivity contribution in [3.05, 3.63) is 59.3 Å². The fourth-order valence-corrected chi connectivity index (χ4v) is 3.29. The van der Waals surface area contributed by atoms with E-state index in [0.717, 1.165) is 5.69 Å². The number of rotatable bonds is 8. The van der Waals surface area contributed by atoms with E-state index in [4.69, 9.17) is 16.3 Å². The predicted octanol–water partition coefficient (Wildman–Crippen LogP) is 4.75. The summed E-state index contributed by atoms with van der Waals surface area (Å²) in [6.07, 6.45) is -0.0505. The van der Waals surface area contributed by atoms with Crippen LogP contribution in [0.15, 0.2) is 42.9 Å². The highest BCUT2D eigenvalue weighted by atomic mass is 35.5. The second-order valence-corrected chi connectivity index (χ2v) is 7.77. The van der Waals surface area contributed by atoms with Gasteiger partial charge in [-0.15, -0.1) is 5.10 Å². The number of nitrogens with one attached hydrogen (secondary N) is 2. The Kier molecular flexibility index (Phi) is 7.90. The summed E-state index contributed by atoms with van der Waals surface area (Å²) < 4.78 is 19.5. The molecule has 0 aliphatic rings. The Hall–Kier alpha value is -3.86. The minimum atomic E-state index is -0.742. The van der Waals surface area contributed by atoms with Crippen molar-refractivity contribution in [1.82, 2.24) is 25.0 Å². The maximum atomic E-state index is 12.7. The molecule has 3 aromatic heterocycles. The Morgan fingerprint density at radius 3 is 2.65 bits per heavy atom. The average molecular weight is 488 g/mol. The van der Waals surface area contributed by atoms with Gasteiger partial charge >= 0.3 is 6.09 Å². The Morgan fingerprint density at radius 2 is 2.00 bits per heavy atom. The molecule has 0 bridgehead atoms. The van der Waals surface area contributed by atoms with Crippen LogP contribution in [0, 0.1) is 6.92 Å². The van der Waals surface area contributed by atoms with Crippen LogP contribution < -0.4 is 10.6 Å². The first-order chi connectivity index (χ1) is 16.1. The summed E-state index contributed by atoms with van der Waals surface area (Å²) in [4.78, 5) is 32.8. The first-order valence-corrected chi connectivity index (χ1v) is 10.6. The SMILES string of the molecule is C=C(F)CCC(=O)Nc1ccc(-c2nnn(C)c2NC(=O)O[C@H](C)c2ccc(C)nc2Cl)nc1. The number of allylic oxidation sites excluding steroid dienone is 1. The Balaban J connectivity index is 1.68. The molecule has 0 spiro atoms. The van der Waals surface area contributed by atoms with Crippen LogP contribution in [-0.2, 0) is 16.6 Å². The molecule has 1 atom stereocenters. The van der Waals surface area contributed by atoms with E-state index < -0.39 is 18.0 Å². The molecular formula is C22H23ClFN7O3. The molecule has 10 nitrogen and oxygen atoms in total. The predicted molar refractivity (Wildman–Crippen MR) is 125 cm³/mol. The summed E-state index contributed by atoms with van der Waals surface area (Å²) in [6, 6.07) is 6.73. The van der Waals surface area contributed by atoms with E-state index in [1.54, 1.807) is 38.2 Å². The molecule has 3 rings (SSSR count). The monoisotopic (exact) mass is 487 g/mol. The molecule has 0 fully saturated rings. The number of aromatic nitrogens is 5. The molecule has 2 amide bonds. The first-order valence-electron chi connectivity index (χ1n) is 10.2. The number of hydrogen-bond donors (Lipinski definition) is 2. The van der Waals surface area contributed by atoms with Crippen LogP contribution in [0.3, 0.4) is 0 Å². The van der Waals surface area contributed by atoms with Gasteiger partial charge in [-0.1, -0.05) is 29.5 Å². The third kappa shape index (κ3) is 6.35. The molecule has 0 unspecified atom stereocenters. The van der Waals surface area contributed by atoms with Crippen molar-refractivity contribution in [1.29, 1.82) is 0 Å². The van der Waals surface area contributed by atoms with Gasteiger partial charge < -0.3 is 10.1 Å². The fourth-order valence-electron chi connectivity index (χ4n) is 2.94. The molecule has 2 N–H and O–H groups in total. The van der Waals surface area contributed by atoms with Crippen LogP contribution in [0.4, 0.5) is 20.7 Å². The minimum Gasteiger partial charge on any atom is -0.441 e. The number of anilines is 2. The number of aryl methyl sites for hydroxylation is 2. The van der Waals surface area contributed by atoms with Crippen molar-refractivity contribution in [3.63, 3.8) is 0 Å². The largest absolute Gasteiger partial charge is 0.441 e. The van der Waals surface area contributed by atoms with Crippen molar-refractivity contribution in [2.75, 3.05) is 10.6 Å². The average Bonchev–Trinajstić information content (AvgIpc) is 3.12. The Labute approximate surface area is 200 Å². The number of carbonyl (C=O) groups excluding carboxylic acids is 2. The minimum absolute atomic E-state index is 0.0281. The number of carbonyl (C=O) groups is 2. The topological polar surface area (TPSA) is 124 Å². The third-order valence-electron chi connectivity index (χ3n) is 4.70. The summed E-state index contributed by atoms with van der Waals surface area (Å²) in [5.74, 6) is -0.662. The molecule has 3 aromatic rings. The van der Waals surface area contributed by atoms with E-state index in [0.29, 0.717) is 22.6 Å². The number of pyridine rings is 2. The van der Waals surface area contributed by atoms with Crippen molar-refractivity contribution >= 4 is 35.1 Å². The van der Waals surface area contributed by atoms with Crippen molar-refractivity contribution < 1.29 is 18.7 Å². The molecule has 34 heavy (non-hydrogen) atoms. The van der Waals surface area contributed by atoms with Gasteiger partial charge in [-0.05, 0) is 32.0 Å². The number of ether oxygens (including phenoxy) is 1. The zero-order chi connectivity index (χ0) is 24.8. The molecular weight excluding hydrogens is 465 g/mol. The van der Waals surface area contributed by atoms with Gasteiger partial charge in [-0.25, -0.2) is 18.9 Å². The second kappa shape index (κ2) is 10.8. The van der Waals surface area contributed by atoms with Gasteiger partial charge in [0.05, 0.1) is 23.4 Å². The van der Waals surface area contributed by atoms with Crippen molar-refractivity contribution in [2.45, 2.75) is 32.8 Å². The van der Waals surface area contributed by atoms with E-state index >= 15 is 0 Å². The molecule has 12 heteroatoms. The second-order valence-electron chi connectivity index (χ2n) is 7.41. The lowest BCUT2D eigenvalue weighted by Crippen LogP contribution is -2.18. The van der Waals surface area contributed by atoms with Gasteiger partial charge in [0.2, 0.25) is 5.91 Å². The number of hydrogen-bond acceptors (Lipinski definition) is 7. The highest BCUT2D eigenvalue weighted by Crippen LogP contribution is 2.27. The maximum absolute atomic E-state index is 12.7. The maximum Gasteiger partial charge on any atom is 0.413 e. The lowest BCUT2D eigenvalue weighted by Gasteiger charge is -2.15. The van der Waals surface area contributed by atoms with E-state index in [2.05, 4.69) is 37.5 Å². The van der Waals surface area contributed by atoms with E-state index in [1.165, 1.54) is 10.9 Å². The molecule has 0 aromatic carbocycles. The van der Waals surface area contributed by atoms with Gasteiger partial charge in [-0.3, -0.25) is 15.1 Å². The highest BCUT2D eigenvalue weighted by molar-refractivity contribution is 6.30. The number of amides is 2. The van der Waals surface area contributed by atoms with Crippen LogP contribution in [0.2, 0.25) is 5.15 Å². The van der Waals surface area contributed by atoms with Crippen LogP contribution in [-0.4, -0.2) is 37.0 Å². The molecule has 0 aliphatic heterocycles. The number of halogens is 2. The van der Waals surface area contributed by atoms with Crippen LogP contribution >= 0.6 is 11.6 Å². The van der Waals surface area contributed by atoms with Crippen LogP contribution in [0.1, 0.15) is 37.1 Å². The summed E-state index contributed by atoms with van der Waals surface area (Å²) in [7, 11) is 1.60. The third-order valence-corrected chi connectivity index (χ3v) is 5.00. The Bertz CT molecular complexity index is 1210. The van der Waals surface area contributed by atoms with Crippen molar-refractivity contribution in [2.24, 2.45) is 7.05 Å². The molecule has 3 heterocycles. The van der Waals surface area contributed by atoms with Gasteiger partial charge in [-0.2, -0.15) is 0 Å². The zero-order valence-corrected chi connectivity index (χ0v) is 19.6. The quantitative estimate of drug-likeness (QED) is 0.439. The van der Waals surface area contributed by atoms with Crippen LogP contribution in [0.5, 0.6) is 0 Å². The first kappa shape index (κ1) is 24.8. The molecule has 0 saturated carbocycles. The summed E-state index contributed by atoms with van der Waals surface area (Å²) in [6.45, 7) is 6.61. The molecule has 0 saturated heterocycles. The normalized spacial score (nSPS) is 11.6. The fraction of sp³-hybridized carbons (Fsp3) is 0.273. The molecule has 0 aliphatic carbocycles. The number of nitrogens with zero attached hydrogens (tertiary/aromatic N) is 5. The van der Waals surface area contributed by atoms with Crippen LogP contribution in [0.25, 0.3) is 11.4 Å². The zero-order valence-electron chi connectivity index (χ0n) is 18.8. The Morgan fingerprint density at radius 1 is 1.24 bits per heavy atom. The standard InChI is InChI=1S/C22H23ClFN7O3/c1-12(24)5-10-18(32)27-15-7-9-17(25-11-15)19-21(31(4)30-29-19)28-22(33)34-14(3)16-8-6-13(2)26-20(16)23/h6-9,11,14H,1,5,10H2,2-4H3,(H,27,32)(H,28,33)/t14-/m1/s1. The highest BCUT2D eigenvalue weighted by Gasteiger charge is 2.20. The smallest absolute Gasteiger partial charge is 0.413 e. The lowest BCUT2D eigenvalue weighted by molar-refractivity contribution is -0.116. The summed E-state index contributed by atoms with van der Waals surface area (Å²) >= 11 is 6.15. The molecule has 178 valence electrons. The van der Waals surface area contributed by atoms with Gasteiger partial charge in [0, 0.05) is 31.1 Å². The van der Waals surface area contributed by atoms with Gasteiger partial charge in [0.15, 0.2) is 11.5 Å². The van der Waals surface area contributed by atoms with Gasteiger partial charge in [0.1, 0.15) is 11.3 Å². The van der Waals surface area contributed by atoms with E-state index in [9.17, 15) is 14.0 Å².